The number of carbonyl (C=O) groups excluding carboxylic acids is 2. The number of amides is 2. The standard InChI is InChI=1S/C40H53N3O5/c1-26-21-30(22-27(2)28(26)3)17-20-38(44)47-34(25-42(5)32-13-9-7-10-14-32)24-36-29(4)35-19-18-31(23-37(35)48-39(36)45)41-40(46)43(6)33-15-11-8-12-16-33/h17-23,32-34H,7-16,24-25H2,1-6H3,(H,41,46)/b20-17+. The van der Waals surface area contributed by atoms with E-state index in [9.17, 15) is 14.4 Å². The van der Waals surface area contributed by atoms with E-state index in [1.54, 1.807) is 17.0 Å². The summed E-state index contributed by atoms with van der Waals surface area (Å²) in [5.74, 6) is -0.436. The molecule has 2 aliphatic carbocycles. The lowest BCUT2D eigenvalue weighted by molar-refractivity contribution is -0.144. The molecule has 2 amide bonds. The Morgan fingerprint density at radius 3 is 2.17 bits per heavy atom. The number of rotatable bonds is 10. The van der Waals surface area contributed by atoms with Crippen LogP contribution in [-0.2, 0) is 16.0 Å². The summed E-state index contributed by atoms with van der Waals surface area (Å²) in [4.78, 5) is 43.7. The van der Waals surface area contributed by atoms with Crippen LogP contribution >= 0.6 is 0 Å². The van der Waals surface area contributed by atoms with E-state index >= 15 is 0 Å². The number of urea groups is 1. The SMILES string of the molecule is Cc1cc(/C=C/C(=O)OC(Cc2c(C)c3ccc(NC(=O)N(C)C4CCCCC4)cc3oc2=O)CN(C)C2CCCCC2)cc(C)c1C. The van der Waals surface area contributed by atoms with E-state index in [2.05, 4.69) is 50.2 Å². The van der Waals surface area contributed by atoms with E-state index in [1.807, 2.05) is 26.1 Å². The lowest BCUT2D eigenvalue weighted by Gasteiger charge is -2.33. The van der Waals surface area contributed by atoms with Crippen LogP contribution in [0.5, 0.6) is 0 Å². The van der Waals surface area contributed by atoms with Crippen molar-refractivity contribution in [3.05, 3.63) is 80.2 Å². The van der Waals surface area contributed by atoms with E-state index in [4.69, 9.17) is 9.15 Å². The number of anilines is 1. The molecule has 8 nitrogen and oxygen atoms in total. The molecule has 2 saturated carbocycles. The first-order valence-corrected chi connectivity index (χ1v) is 17.8. The van der Waals surface area contributed by atoms with Crippen molar-refractivity contribution in [2.24, 2.45) is 0 Å². The average Bonchev–Trinajstić information content (AvgIpc) is 3.08. The monoisotopic (exact) mass is 655 g/mol. The number of aryl methyl sites for hydroxylation is 3. The molecule has 2 aromatic carbocycles. The van der Waals surface area contributed by atoms with Crippen LogP contribution in [0.3, 0.4) is 0 Å². The zero-order valence-corrected chi connectivity index (χ0v) is 29.7. The second-order valence-corrected chi connectivity index (χ2v) is 14.1. The minimum atomic E-state index is -0.538. The number of hydrogen-bond donors (Lipinski definition) is 1. The zero-order chi connectivity index (χ0) is 34.4. The van der Waals surface area contributed by atoms with Gasteiger partial charge in [0, 0.05) is 60.9 Å². The number of carbonyl (C=O) groups is 2. The summed E-state index contributed by atoms with van der Waals surface area (Å²) < 4.78 is 11.9. The van der Waals surface area contributed by atoms with Crippen molar-refractivity contribution >= 4 is 34.7 Å². The second-order valence-electron chi connectivity index (χ2n) is 14.1. The minimum Gasteiger partial charge on any atom is -0.457 e. The van der Waals surface area contributed by atoms with Gasteiger partial charge in [0.05, 0.1) is 0 Å². The van der Waals surface area contributed by atoms with Crippen LogP contribution in [0, 0.1) is 27.7 Å². The van der Waals surface area contributed by atoms with Crippen molar-refractivity contribution in [1.82, 2.24) is 9.80 Å². The van der Waals surface area contributed by atoms with E-state index < -0.39 is 17.7 Å². The molecule has 3 aromatic rings. The van der Waals surface area contributed by atoms with Crippen molar-refractivity contribution in [1.29, 1.82) is 0 Å². The van der Waals surface area contributed by atoms with Crippen LogP contribution in [0.1, 0.15) is 97.6 Å². The van der Waals surface area contributed by atoms with Crippen LogP contribution in [0.2, 0.25) is 0 Å². The van der Waals surface area contributed by atoms with Crippen molar-refractivity contribution in [2.45, 2.75) is 117 Å². The molecule has 2 aliphatic rings. The number of esters is 1. The Balaban J connectivity index is 1.34. The molecule has 0 bridgehead atoms. The summed E-state index contributed by atoms with van der Waals surface area (Å²) >= 11 is 0. The van der Waals surface area contributed by atoms with Gasteiger partial charge in [-0.25, -0.2) is 14.4 Å². The number of ether oxygens (including phenoxy) is 1. The smallest absolute Gasteiger partial charge is 0.339 e. The Bertz CT molecular complexity index is 1670. The summed E-state index contributed by atoms with van der Waals surface area (Å²) in [5, 5.41) is 3.77. The van der Waals surface area contributed by atoms with Gasteiger partial charge in [-0.1, -0.05) is 50.7 Å². The normalized spacial score (nSPS) is 16.8. The molecular formula is C40H53N3O5. The summed E-state index contributed by atoms with van der Waals surface area (Å²) in [5.41, 5.74) is 6.38. The highest BCUT2D eigenvalue weighted by molar-refractivity contribution is 5.93. The third kappa shape index (κ3) is 8.76. The first-order valence-electron chi connectivity index (χ1n) is 17.8. The highest BCUT2D eigenvalue weighted by atomic mass is 16.5. The minimum absolute atomic E-state index is 0.162. The molecule has 1 N–H and O–H groups in total. The fourth-order valence-electron chi connectivity index (χ4n) is 7.45. The maximum atomic E-state index is 13.5. The number of benzene rings is 2. The van der Waals surface area contributed by atoms with Gasteiger partial charge in [0.1, 0.15) is 11.7 Å². The molecular weight excluding hydrogens is 602 g/mol. The highest BCUT2D eigenvalue weighted by Crippen LogP contribution is 2.27. The molecule has 0 aliphatic heterocycles. The largest absolute Gasteiger partial charge is 0.457 e. The van der Waals surface area contributed by atoms with Gasteiger partial charge in [0.25, 0.3) is 0 Å². The van der Waals surface area contributed by atoms with Crippen LogP contribution in [0.25, 0.3) is 17.0 Å². The van der Waals surface area contributed by atoms with Crippen molar-refractivity contribution in [2.75, 3.05) is 26.0 Å². The average molecular weight is 656 g/mol. The Morgan fingerprint density at radius 2 is 1.52 bits per heavy atom. The molecule has 1 aromatic heterocycles. The van der Waals surface area contributed by atoms with E-state index in [1.165, 1.54) is 48.4 Å². The Hall–Kier alpha value is -3.91. The fourth-order valence-corrected chi connectivity index (χ4v) is 7.45. The number of likely N-dealkylation sites (N-methyl/N-ethyl adjacent to an activating group) is 1. The van der Waals surface area contributed by atoms with Gasteiger partial charge in [-0.2, -0.15) is 0 Å². The van der Waals surface area contributed by atoms with Gasteiger partial charge in [0.2, 0.25) is 0 Å². The third-order valence-electron chi connectivity index (χ3n) is 10.7. The van der Waals surface area contributed by atoms with Crippen molar-refractivity contribution < 1.29 is 18.7 Å². The Morgan fingerprint density at radius 1 is 0.896 bits per heavy atom. The molecule has 1 unspecified atom stereocenters. The van der Waals surface area contributed by atoms with Gasteiger partial charge in [0.15, 0.2) is 0 Å². The molecule has 258 valence electrons. The van der Waals surface area contributed by atoms with Crippen LogP contribution in [-0.4, -0.2) is 60.6 Å². The van der Waals surface area contributed by atoms with Crippen molar-refractivity contribution in [3.63, 3.8) is 0 Å². The van der Waals surface area contributed by atoms with E-state index in [0.717, 1.165) is 55.0 Å². The van der Waals surface area contributed by atoms with Crippen LogP contribution in [0.4, 0.5) is 10.5 Å². The molecule has 48 heavy (non-hydrogen) atoms. The molecule has 0 spiro atoms. The second kappa shape index (κ2) is 16.0. The van der Waals surface area contributed by atoms with Gasteiger partial charge in [-0.05, 0) is 106 Å². The number of hydrogen-bond acceptors (Lipinski definition) is 6. The predicted octanol–water partition coefficient (Wildman–Crippen LogP) is 8.26. The van der Waals surface area contributed by atoms with Gasteiger partial charge >= 0.3 is 17.6 Å². The number of nitrogens with zero attached hydrogens (tertiary/aromatic N) is 2. The summed E-state index contributed by atoms with van der Waals surface area (Å²) in [6, 6.07) is 10.1. The number of nitrogens with one attached hydrogen (secondary N) is 1. The fraction of sp³-hybridized carbons (Fsp3) is 0.525. The summed E-state index contributed by atoms with van der Waals surface area (Å²) in [6.07, 6.45) is 14.4. The molecule has 1 atom stereocenters. The summed E-state index contributed by atoms with van der Waals surface area (Å²) in [6.45, 7) is 8.67. The first-order chi connectivity index (χ1) is 23.0. The zero-order valence-electron chi connectivity index (χ0n) is 29.7. The Labute approximate surface area is 285 Å². The quantitative estimate of drug-likeness (QED) is 0.134. The molecule has 2 fully saturated rings. The molecule has 0 radical (unpaired) electrons. The van der Waals surface area contributed by atoms with Gasteiger partial charge in [-0.3, -0.25) is 4.90 Å². The van der Waals surface area contributed by atoms with Crippen LogP contribution in [0.15, 0.2) is 45.6 Å². The number of fused-ring (bicyclic) bond motifs is 1. The first kappa shape index (κ1) is 35.4. The highest BCUT2D eigenvalue weighted by Gasteiger charge is 2.26. The lowest BCUT2D eigenvalue weighted by atomic mass is 9.94. The third-order valence-corrected chi connectivity index (χ3v) is 10.7. The maximum absolute atomic E-state index is 13.5. The van der Waals surface area contributed by atoms with Gasteiger partial charge in [-0.15, -0.1) is 0 Å². The topological polar surface area (TPSA) is 92.1 Å². The van der Waals surface area contributed by atoms with Crippen molar-refractivity contribution in [3.8, 4) is 0 Å². The molecule has 8 heteroatoms. The Kier molecular flexibility index (Phi) is 11.8. The van der Waals surface area contributed by atoms with E-state index in [0.29, 0.717) is 29.4 Å². The summed E-state index contributed by atoms with van der Waals surface area (Å²) in [7, 11) is 3.93. The van der Waals surface area contributed by atoms with Crippen LogP contribution < -0.4 is 10.9 Å². The predicted molar refractivity (Wildman–Crippen MR) is 194 cm³/mol. The molecule has 5 rings (SSSR count). The molecule has 1 heterocycles. The van der Waals surface area contributed by atoms with E-state index in [-0.39, 0.29) is 18.5 Å². The lowest BCUT2D eigenvalue weighted by Crippen LogP contribution is -2.41. The molecule has 0 saturated heterocycles. The van der Waals surface area contributed by atoms with Gasteiger partial charge < -0.3 is 19.4 Å². The maximum Gasteiger partial charge on any atom is 0.339 e.